The molecule has 0 amide bonds. The molecule has 1 aliphatic rings. The standard InChI is InChI=1S/C12H14ClNO2/c13-10-5-3-9(4-6-10)12(11(15)16)7-1-2-8-14-12/h3-6,14H,1-2,7-8H2,(H,15,16). The summed E-state index contributed by atoms with van der Waals surface area (Å²) in [4.78, 5) is 11.5. The molecular formula is C12H14ClNO2. The molecular weight excluding hydrogens is 226 g/mol. The van der Waals surface area contributed by atoms with Gasteiger partial charge >= 0.3 is 5.97 Å². The lowest BCUT2D eigenvalue weighted by Gasteiger charge is -2.34. The number of hydrogen-bond acceptors (Lipinski definition) is 2. The highest BCUT2D eigenvalue weighted by molar-refractivity contribution is 6.30. The van der Waals surface area contributed by atoms with Crippen LogP contribution in [0.25, 0.3) is 0 Å². The van der Waals surface area contributed by atoms with Gasteiger partial charge in [-0.2, -0.15) is 0 Å². The van der Waals surface area contributed by atoms with Crippen molar-refractivity contribution in [1.29, 1.82) is 0 Å². The van der Waals surface area contributed by atoms with Gasteiger partial charge in [0.1, 0.15) is 5.54 Å². The minimum atomic E-state index is -0.928. The maximum absolute atomic E-state index is 11.5. The number of carboxylic acid groups (broad SMARTS) is 1. The van der Waals surface area contributed by atoms with E-state index in [4.69, 9.17) is 11.6 Å². The second kappa shape index (κ2) is 4.44. The fraction of sp³-hybridized carbons (Fsp3) is 0.417. The molecule has 1 atom stereocenters. The molecule has 1 aliphatic heterocycles. The van der Waals surface area contributed by atoms with Crippen molar-refractivity contribution in [3.8, 4) is 0 Å². The van der Waals surface area contributed by atoms with E-state index in [2.05, 4.69) is 5.32 Å². The molecule has 0 saturated carbocycles. The van der Waals surface area contributed by atoms with E-state index in [1.54, 1.807) is 24.3 Å². The van der Waals surface area contributed by atoms with Crippen LogP contribution >= 0.6 is 11.6 Å². The van der Waals surface area contributed by atoms with E-state index in [9.17, 15) is 9.90 Å². The van der Waals surface area contributed by atoms with Gasteiger partial charge < -0.3 is 5.11 Å². The van der Waals surface area contributed by atoms with E-state index in [1.165, 1.54) is 0 Å². The molecule has 1 aromatic rings. The van der Waals surface area contributed by atoms with Gasteiger partial charge in [-0.1, -0.05) is 23.7 Å². The van der Waals surface area contributed by atoms with E-state index in [-0.39, 0.29) is 0 Å². The molecule has 0 aromatic heterocycles. The predicted molar refractivity (Wildman–Crippen MR) is 62.6 cm³/mol. The van der Waals surface area contributed by atoms with Crippen molar-refractivity contribution in [3.05, 3.63) is 34.9 Å². The van der Waals surface area contributed by atoms with Gasteiger partial charge in [0.2, 0.25) is 0 Å². The fourth-order valence-electron chi connectivity index (χ4n) is 2.19. The van der Waals surface area contributed by atoms with Crippen LogP contribution in [0.15, 0.2) is 24.3 Å². The normalized spacial score (nSPS) is 25.3. The zero-order chi connectivity index (χ0) is 11.6. The lowest BCUT2D eigenvalue weighted by Crippen LogP contribution is -2.51. The Morgan fingerprint density at radius 1 is 1.31 bits per heavy atom. The predicted octanol–water partition coefficient (Wildman–Crippen LogP) is 2.39. The third-order valence-corrected chi connectivity index (χ3v) is 3.36. The highest BCUT2D eigenvalue weighted by atomic mass is 35.5. The Hall–Kier alpha value is -1.06. The molecule has 4 heteroatoms. The van der Waals surface area contributed by atoms with Gasteiger partial charge in [-0.3, -0.25) is 5.32 Å². The average Bonchev–Trinajstić information content (AvgIpc) is 2.30. The first-order valence-corrected chi connectivity index (χ1v) is 5.77. The first-order chi connectivity index (χ1) is 7.65. The van der Waals surface area contributed by atoms with Crippen LogP contribution in [0.3, 0.4) is 0 Å². The average molecular weight is 240 g/mol. The van der Waals surface area contributed by atoms with Crippen molar-refractivity contribution in [2.75, 3.05) is 6.54 Å². The number of carbonyl (C=O) groups is 1. The number of halogens is 1. The number of benzene rings is 1. The van der Waals surface area contributed by atoms with Crippen LogP contribution in [-0.2, 0) is 10.3 Å². The first-order valence-electron chi connectivity index (χ1n) is 5.40. The van der Waals surface area contributed by atoms with Crippen LogP contribution in [0.2, 0.25) is 5.02 Å². The van der Waals surface area contributed by atoms with Crippen molar-refractivity contribution in [1.82, 2.24) is 5.32 Å². The molecule has 1 saturated heterocycles. The van der Waals surface area contributed by atoms with E-state index >= 15 is 0 Å². The number of carboxylic acids is 1. The second-order valence-electron chi connectivity index (χ2n) is 4.10. The van der Waals surface area contributed by atoms with E-state index in [0.717, 1.165) is 24.9 Å². The lowest BCUT2D eigenvalue weighted by molar-refractivity contribution is -0.146. The van der Waals surface area contributed by atoms with Crippen LogP contribution in [0.5, 0.6) is 0 Å². The molecule has 1 unspecified atom stereocenters. The molecule has 3 nitrogen and oxygen atoms in total. The zero-order valence-corrected chi connectivity index (χ0v) is 9.63. The summed E-state index contributed by atoms with van der Waals surface area (Å²) in [5.41, 5.74) is -0.146. The molecule has 1 aromatic carbocycles. The summed E-state index contributed by atoms with van der Waals surface area (Å²) in [7, 11) is 0. The van der Waals surface area contributed by atoms with Crippen LogP contribution < -0.4 is 5.32 Å². The fourth-order valence-corrected chi connectivity index (χ4v) is 2.32. The SMILES string of the molecule is O=C(O)C1(c2ccc(Cl)cc2)CCCCN1. The van der Waals surface area contributed by atoms with Gasteiger partial charge in [-0.25, -0.2) is 4.79 Å². The van der Waals surface area contributed by atoms with Gasteiger partial charge in [-0.05, 0) is 43.5 Å². The molecule has 1 fully saturated rings. The Kier molecular flexibility index (Phi) is 3.17. The molecule has 1 heterocycles. The van der Waals surface area contributed by atoms with Crippen LogP contribution in [0, 0.1) is 0 Å². The number of rotatable bonds is 2. The number of hydrogen-bond donors (Lipinski definition) is 2. The lowest BCUT2D eigenvalue weighted by atomic mass is 9.82. The minimum absolute atomic E-state index is 0.625. The van der Waals surface area contributed by atoms with Crippen molar-refractivity contribution in [3.63, 3.8) is 0 Å². The van der Waals surface area contributed by atoms with Crippen molar-refractivity contribution in [2.24, 2.45) is 0 Å². The molecule has 0 radical (unpaired) electrons. The topological polar surface area (TPSA) is 49.3 Å². The minimum Gasteiger partial charge on any atom is -0.480 e. The molecule has 86 valence electrons. The van der Waals surface area contributed by atoms with Crippen molar-refractivity contribution in [2.45, 2.75) is 24.8 Å². The highest BCUT2D eigenvalue weighted by Crippen LogP contribution is 2.31. The van der Waals surface area contributed by atoms with Crippen LogP contribution in [0.1, 0.15) is 24.8 Å². The molecule has 0 bridgehead atoms. The zero-order valence-electron chi connectivity index (χ0n) is 8.87. The number of piperidine rings is 1. The summed E-state index contributed by atoms with van der Waals surface area (Å²) in [5, 5.41) is 13.2. The maximum Gasteiger partial charge on any atom is 0.328 e. The maximum atomic E-state index is 11.5. The van der Waals surface area contributed by atoms with Crippen molar-refractivity contribution < 1.29 is 9.90 Å². The summed E-state index contributed by atoms with van der Waals surface area (Å²) >= 11 is 5.81. The Labute approximate surface area is 99.4 Å². The number of aliphatic carboxylic acids is 1. The van der Waals surface area contributed by atoms with Gasteiger partial charge in [0, 0.05) is 5.02 Å². The van der Waals surface area contributed by atoms with Gasteiger partial charge in [-0.15, -0.1) is 0 Å². The first kappa shape index (κ1) is 11.4. The summed E-state index contributed by atoms with van der Waals surface area (Å²) in [5.74, 6) is -0.811. The largest absolute Gasteiger partial charge is 0.480 e. The second-order valence-corrected chi connectivity index (χ2v) is 4.54. The molecule has 2 N–H and O–H groups in total. The molecule has 0 aliphatic carbocycles. The molecule has 16 heavy (non-hydrogen) atoms. The van der Waals surface area contributed by atoms with Crippen LogP contribution in [-0.4, -0.2) is 17.6 Å². The van der Waals surface area contributed by atoms with Crippen LogP contribution in [0.4, 0.5) is 0 Å². The Morgan fingerprint density at radius 2 is 2.00 bits per heavy atom. The quantitative estimate of drug-likeness (QED) is 0.833. The Balaban J connectivity index is 2.38. The Bertz CT molecular complexity index is 383. The monoisotopic (exact) mass is 239 g/mol. The summed E-state index contributed by atoms with van der Waals surface area (Å²) < 4.78 is 0. The van der Waals surface area contributed by atoms with E-state index in [0.29, 0.717) is 11.4 Å². The van der Waals surface area contributed by atoms with Gasteiger partial charge in [0.25, 0.3) is 0 Å². The summed E-state index contributed by atoms with van der Waals surface area (Å²) in [6.07, 6.45) is 2.59. The Morgan fingerprint density at radius 3 is 2.50 bits per heavy atom. The number of nitrogens with one attached hydrogen (secondary N) is 1. The third kappa shape index (κ3) is 1.93. The van der Waals surface area contributed by atoms with E-state index in [1.807, 2.05) is 0 Å². The summed E-state index contributed by atoms with van der Waals surface area (Å²) in [6.45, 7) is 0.745. The highest BCUT2D eigenvalue weighted by Gasteiger charge is 2.40. The summed E-state index contributed by atoms with van der Waals surface area (Å²) in [6, 6.07) is 7.04. The third-order valence-electron chi connectivity index (χ3n) is 3.11. The molecule has 2 rings (SSSR count). The van der Waals surface area contributed by atoms with Gasteiger partial charge in [0.05, 0.1) is 0 Å². The van der Waals surface area contributed by atoms with Gasteiger partial charge in [0.15, 0.2) is 0 Å². The molecule has 0 spiro atoms. The van der Waals surface area contributed by atoms with E-state index < -0.39 is 11.5 Å². The smallest absolute Gasteiger partial charge is 0.328 e. The van der Waals surface area contributed by atoms with Crippen molar-refractivity contribution >= 4 is 17.6 Å².